The fraction of sp³-hybridized carbons (Fsp3) is 0.300. The summed E-state index contributed by atoms with van der Waals surface area (Å²) in [4.78, 5) is 24.1. The van der Waals surface area contributed by atoms with E-state index in [9.17, 15) is 9.59 Å². The van der Waals surface area contributed by atoms with Crippen molar-refractivity contribution in [3.8, 4) is 0 Å². The maximum Gasteiger partial charge on any atom is 0.232 e. The Balaban J connectivity index is 2.19. The molecule has 0 aliphatic carbocycles. The maximum atomic E-state index is 12.8. The van der Waals surface area contributed by atoms with Gasteiger partial charge in [0.1, 0.15) is 0 Å². The van der Waals surface area contributed by atoms with Crippen molar-refractivity contribution < 1.29 is 9.59 Å². The quantitative estimate of drug-likeness (QED) is 0.789. The van der Waals surface area contributed by atoms with E-state index in [2.05, 4.69) is 19.2 Å². The molecule has 0 aromatic heterocycles. The lowest BCUT2D eigenvalue weighted by Gasteiger charge is -2.22. The van der Waals surface area contributed by atoms with Crippen LogP contribution in [0.25, 0.3) is 0 Å². The molecule has 1 N–H and O–H groups in total. The number of hydrogen-bond acceptors (Lipinski definition) is 2. The summed E-state index contributed by atoms with van der Waals surface area (Å²) in [5, 5.41) is 2.97. The van der Waals surface area contributed by atoms with Crippen LogP contribution in [0.1, 0.15) is 49.0 Å². The van der Waals surface area contributed by atoms with E-state index >= 15 is 0 Å². The topological polar surface area (TPSA) is 46.2 Å². The number of anilines is 1. The summed E-state index contributed by atoms with van der Waals surface area (Å²) >= 11 is 0. The Morgan fingerprint density at radius 1 is 1.00 bits per heavy atom. The molecule has 0 saturated carbocycles. The van der Waals surface area contributed by atoms with Gasteiger partial charge < -0.3 is 5.32 Å². The lowest BCUT2D eigenvalue weighted by molar-refractivity contribution is -0.118. The number of carbonyl (C=O) groups is 2. The first-order valence-corrected chi connectivity index (χ1v) is 7.99. The summed E-state index contributed by atoms with van der Waals surface area (Å²) in [6, 6.07) is 16.9. The zero-order chi connectivity index (χ0) is 16.8. The molecule has 0 fully saturated rings. The molecule has 2 rings (SSSR count). The summed E-state index contributed by atoms with van der Waals surface area (Å²) in [7, 11) is 0. The number of nitrogens with one attached hydrogen (secondary N) is 1. The van der Waals surface area contributed by atoms with Gasteiger partial charge in [0.2, 0.25) is 5.91 Å². The molecular weight excluding hydrogens is 286 g/mol. The van der Waals surface area contributed by atoms with Crippen LogP contribution in [-0.2, 0) is 4.79 Å². The van der Waals surface area contributed by atoms with Crippen molar-refractivity contribution in [1.29, 1.82) is 0 Å². The molecule has 0 heterocycles. The SMILES string of the molecule is CC[C@H](C)[C@H](C(=O)Nc1ccc(C(C)=O)cc1)c1ccccc1. The molecule has 3 nitrogen and oxygen atoms in total. The summed E-state index contributed by atoms with van der Waals surface area (Å²) < 4.78 is 0. The van der Waals surface area contributed by atoms with Gasteiger partial charge in [-0.2, -0.15) is 0 Å². The first kappa shape index (κ1) is 16.9. The van der Waals surface area contributed by atoms with Gasteiger partial charge in [-0.05, 0) is 42.7 Å². The Kier molecular flexibility index (Phi) is 5.69. The van der Waals surface area contributed by atoms with Crippen LogP contribution in [-0.4, -0.2) is 11.7 Å². The van der Waals surface area contributed by atoms with Gasteiger partial charge in [-0.25, -0.2) is 0 Å². The molecule has 120 valence electrons. The van der Waals surface area contributed by atoms with E-state index in [1.807, 2.05) is 30.3 Å². The van der Waals surface area contributed by atoms with E-state index in [0.717, 1.165) is 12.0 Å². The van der Waals surface area contributed by atoms with Crippen LogP contribution in [0, 0.1) is 5.92 Å². The van der Waals surface area contributed by atoms with Crippen molar-refractivity contribution in [3.63, 3.8) is 0 Å². The van der Waals surface area contributed by atoms with E-state index in [0.29, 0.717) is 11.3 Å². The molecule has 0 saturated heterocycles. The average molecular weight is 309 g/mol. The number of rotatable bonds is 6. The minimum Gasteiger partial charge on any atom is -0.326 e. The molecule has 0 spiro atoms. The first-order chi connectivity index (χ1) is 11.0. The molecule has 0 bridgehead atoms. The van der Waals surface area contributed by atoms with E-state index in [1.54, 1.807) is 24.3 Å². The number of Topliss-reactive ketones (excluding diaryl/α,β-unsaturated/α-hetero) is 1. The Bertz CT molecular complexity index is 662. The van der Waals surface area contributed by atoms with E-state index in [-0.39, 0.29) is 23.5 Å². The fourth-order valence-corrected chi connectivity index (χ4v) is 2.64. The molecule has 0 aliphatic rings. The van der Waals surface area contributed by atoms with Gasteiger partial charge in [0.05, 0.1) is 5.92 Å². The molecular formula is C20H23NO2. The predicted octanol–water partition coefficient (Wildman–Crippen LogP) is 4.66. The van der Waals surface area contributed by atoms with Gasteiger partial charge in [-0.15, -0.1) is 0 Å². The van der Waals surface area contributed by atoms with Gasteiger partial charge in [0, 0.05) is 11.3 Å². The van der Waals surface area contributed by atoms with Crippen molar-refractivity contribution >= 4 is 17.4 Å². The third-order valence-corrected chi connectivity index (χ3v) is 4.21. The Labute approximate surface area is 137 Å². The van der Waals surface area contributed by atoms with Crippen LogP contribution >= 0.6 is 0 Å². The second kappa shape index (κ2) is 7.73. The minimum absolute atomic E-state index is 0.0128. The lowest BCUT2D eigenvalue weighted by atomic mass is 9.85. The highest BCUT2D eigenvalue weighted by atomic mass is 16.2. The van der Waals surface area contributed by atoms with Gasteiger partial charge in [0.25, 0.3) is 0 Å². The largest absolute Gasteiger partial charge is 0.326 e. The van der Waals surface area contributed by atoms with E-state index < -0.39 is 0 Å². The molecule has 0 unspecified atom stereocenters. The monoisotopic (exact) mass is 309 g/mol. The zero-order valence-corrected chi connectivity index (χ0v) is 13.9. The van der Waals surface area contributed by atoms with Crippen molar-refractivity contribution in [2.45, 2.75) is 33.1 Å². The molecule has 0 radical (unpaired) electrons. The highest BCUT2D eigenvalue weighted by Gasteiger charge is 2.25. The molecule has 2 aromatic rings. The molecule has 2 aromatic carbocycles. The Hall–Kier alpha value is -2.42. The summed E-state index contributed by atoms with van der Waals surface area (Å²) in [5.41, 5.74) is 2.38. The van der Waals surface area contributed by atoms with Gasteiger partial charge in [-0.3, -0.25) is 9.59 Å². The summed E-state index contributed by atoms with van der Waals surface area (Å²) in [6.07, 6.45) is 0.927. The van der Waals surface area contributed by atoms with Gasteiger partial charge in [-0.1, -0.05) is 50.6 Å². The van der Waals surface area contributed by atoms with Gasteiger partial charge >= 0.3 is 0 Å². The van der Waals surface area contributed by atoms with E-state index in [4.69, 9.17) is 0 Å². The summed E-state index contributed by atoms with van der Waals surface area (Å²) in [5.74, 6) is 0.0633. The maximum absolute atomic E-state index is 12.8. The predicted molar refractivity (Wildman–Crippen MR) is 93.7 cm³/mol. The number of carbonyl (C=O) groups excluding carboxylic acids is 2. The third-order valence-electron chi connectivity index (χ3n) is 4.21. The molecule has 2 atom stereocenters. The number of ketones is 1. The second-order valence-electron chi connectivity index (χ2n) is 5.90. The standard InChI is InChI=1S/C20H23NO2/c1-4-14(2)19(17-8-6-5-7-9-17)20(23)21-18-12-10-16(11-13-18)15(3)22/h5-14,19H,4H2,1-3H3,(H,21,23)/t14-,19-/m0/s1. The average Bonchev–Trinajstić information content (AvgIpc) is 2.56. The smallest absolute Gasteiger partial charge is 0.232 e. The van der Waals surface area contributed by atoms with Gasteiger partial charge in [0.15, 0.2) is 5.78 Å². The van der Waals surface area contributed by atoms with Crippen molar-refractivity contribution in [2.24, 2.45) is 5.92 Å². The van der Waals surface area contributed by atoms with Crippen LogP contribution in [0.4, 0.5) is 5.69 Å². The fourth-order valence-electron chi connectivity index (χ4n) is 2.64. The Morgan fingerprint density at radius 2 is 1.61 bits per heavy atom. The highest BCUT2D eigenvalue weighted by molar-refractivity contribution is 5.97. The van der Waals surface area contributed by atoms with Crippen molar-refractivity contribution in [2.75, 3.05) is 5.32 Å². The van der Waals surface area contributed by atoms with Crippen molar-refractivity contribution in [3.05, 3.63) is 65.7 Å². The van der Waals surface area contributed by atoms with Crippen LogP contribution in [0.2, 0.25) is 0 Å². The zero-order valence-electron chi connectivity index (χ0n) is 13.9. The minimum atomic E-state index is -0.186. The number of benzene rings is 2. The molecule has 1 amide bonds. The van der Waals surface area contributed by atoms with Crippen LogP contribution in [0.5, 0.6) is 0 Å². The summed E-state index contributed by atoms with van der Waals surface area (Å²) in [6.45, 7) is 5.72. The normalized spacial score (nSPS) is 13.2. The first-order valence-electron chi connectivity index (χ1n) is 7.99. The van der Waals surface area contributed by atoms with E-state index in [1.165, 1.54) is 6.92 Å². The highest BCUT2D eigenvalue weighted by Crippen LogP contribution is 2.28. The van der Waals surface area contributed by atoms with Crippen LogP contribution in [0.15, 0.2) is 54.6 Å². The molecule has 0 aliphatic heterocycles. The van der Waals surface area contributed by atoms with Crippen molar-refractivity contribution in [1.82, 2.24) is 0 Å². The Morgan fingerprint density at radius 3 is 2.13 bits per heavy atom. The lowest BCUT2D eigenvalue weighted by Crippen LogP contribution is -2.26. The molecule has 23 heavy (non-hydrogen) atoms. The van der Waals surface area contributed by atoms with Crippen LogP contribution in [0.3, 0.4) is 0 Å². The number of hydrogen-bond donors (Lipinski definition) is 1. The molecule has 3 heteroatoms. The van der Waals surface area contributed by atoms with Crippen LogP contribution < -0.4 is 5.32 Å². The second-order valence-corrected chi connectivity index (χ2v) is 5.90. The third kappa shape index (κ3) is 4.28. The number of amides is 1.